The van der Waals surface area contributed by atoms with Gasteiger partial charge >= 0.3 is 23.9 Å². The van der Waals surface area contributed by atoms with Gasteiger partial charge in [-0.15, -0.1) is 0 Å². The Morgan fingerprint density at radius 3 is 1.27 bits per heavy atom. The van der Waals surface area contributed by atoms with E-state index in [2.05, 4.69) is 111 Å². The fourth-order valence-corrected chi connectivity index (χ4v) is 27.3. The predicted octanol–water partition coefficient (Wildman–Crippen LogP) is 9.39. The molecule has 0 saturated carbocycles. The summed E-state index contributed by atoms with van der Waals surface area (Å²) in [5.41, 5.74) is 28.4. The lowest BCUT2D eigenvalue weighted by Gasteiger charge is -2.63. The van der Waals surface area contributed by atoms with Crippen LogP contribution in [-0.4, -0.2) is 262 Å². The summed E-state index contributed by atoms with van der Waals surface area (Å²) in [5.74, 6) is 1.91. The normalized spacial score (nSPS) is 26.7. The van der Waals surface area contributed by atoms with Gasteiger partial charge in [-0.05, 0) is 337 Å². The van der Waals surface area contributed by atoms with E-state index in [0.29, 0.717) is 212 Å². The van der Waals surface area contributed by atoms with Gasteiger partial charge in [0, 0.05) is 95.1 Å². The van der Waals surface area contributed by atoms with Crippen LogP contribution < -0.4 is 98.0 Å². The second-order valence-electron chi connectivity index (χ2n) is 43.2. The molecule has 19 atom stereocenters. The second-order valence-corrected chi connectivity index (χ2v) is 43.2. The Balaban J connectivity index is 0.571. The van der Waals surface area contributed by atoms with Crippen LogP contribution in [0, 0.1) is 28.1 Å². The molecule has 792 valence electrons. The van der Waals surface area contributed by atoms with Crippen molar-refractivity contribution in [2.75, 3.05) is 122 Å². The van der Waals surface area contributed by atoms with E-state index in [9.17, 15) is 19.5 Å². The molecule has 6 heterocycles. The first-order valence-corrected chi connectivity index (χ1v) is 53.4. The molecule has 3 fully saturated rings. The van der Waals surface area contributed by atoms with Gasteiger partial charge in [-0.3, -0.25) is 25.1 Å². The average Bonchev–Trinajstić information content (AvgIpc) is 1.30. The maximum Gasteiger partial charge on any atom is 0.343 e. The van der Waals surface area contributed by atoms with Gasteiger partial charge in [0.2, 0.25) is 17.7 Å². The minimum atomic E-state index is -1.18. The zero-order valence-corrected chi connectivity index (χ0v) is 86.8. The molecule has 146 heavy (non-hydrogen) atoms. The number of nitrogens with zero attached hydrogens (tertiary/aromatic N) is 3. The van der Waals surface area contributed by atoms with E-state index >= 15 is 19.2 Å². The number of likely N-dealkylation sites (tertiary alicyclic amines) is 3. The maximum atomic E-state index is 15.4. The van der Waals surface area contributed by atoms with E-state index < -0.39 is 106 Å². The summed E-state index contributed by atoms with van der Waals surface area (Å²) < 4.78 is 70.0. The molecule has 5 aromatic rings. The van der Waals surface area contributed by atoms with E-state index in [1.54, 1.807) is 84.0 Å². The highest BCUT2D eigenvalue weighted by Crippen LogP contribution is 2.72. The lowest BCUT2D eigenvalue weighted by Crippen LogP contribution is -2.74. The molecule has 12 aliphatic rings. The Kier molecular flexibility index (Phi) is 33.4. The minimum absolute atomic E-state index is 0.111. The number of nitrogens with one attached hydrogen (secondary N) is 8. The first-order valence-electron chi connectivity index (χ1n) is 53.4. The third kappa shape index (κ3) is 20.1. The van der Waals surface area contributed by atoms with Gasteiger partial charge in [-0.2, -0.15) is 0 Å². The molecule has 0 aromatic heterocycles. The first kappa shape index (κ1) is 107. The van der Waals surface area contributed by atoms with Crippen molar-refractivity contribution < 1.29 is 90.8 Å². The molecule has 0 radical (unpaired) electrons. The van der Waals surface area contributed by atoms with Gasteiger partial charge in [0.05, 0.1) is 54.8 Å². The summed E-state index contributed by atoms with van der Waals surface area (Å²) in [6, 6.07) is 21.6. The summed E-state index contributed by atoms with van der Waals surface area (Å²) in [7, 11) is 14.8. The summed E-state index contributed by atoms with van der Waals surface area (Å²) in [5, 5.41) is 44.0. The molecule has 5 aromatic carbocycles. The van der Waals surface area contributed by atoms with Gasteiger partial charge in [0.25, 0.3) is 0 Å². The molecular weight excluding hydrogens is 1860 g/mol. The third-order valence-corrected chi connectivity index (χ3v) is 35.3. The molecule has 6 aliphatic heterocycles. The van der Waals surface area contributed by atoms with E-state index in [-0.39, 0.29) is 109 Å². The summed E-state index contributed by atoms with van der Waals surface area (Å²) in [6.45, 7) is 9.03. The number of hydrogen-bond acceptors (Lipinski definition) is 30. The fourth-order valence-electron chi connectivity index (χ4n) is 27.3. The number of esters is 4. The number of nitrogen functional groups attached to an aromatic ring is 1. The number of amidine groups is 1. The molecule has 6 aliphatic carbocycles. The van der Waals surface area contributed by atoms with Crippen molar-refractivity contribution in [2.45, 2.75) is 289 Å². The van der Waals surface area contributed by atoms with Crippen LogP contribution in [0.2, 0.25) is 0 Å². The number of rotatable bonds is 54. The molecule has 17 rings (SSSR count). The highest BCUT2D eigenvalue weighted by Gasteiger charge is 2.75. The van der Waals surface area contributed by atoms with E-state index in [1.807, 2.05) is 30.4 Å². The average molecular weight is 2020 g/mol. The highest BCUT2D eigenvalue weighted by molar-refractivity contribution is 5.95. The number of carbonyl (C=O) groups excluding carboxylic acids is 7. The van der Waals surface area contributed by atoms with Gasteiger partial charge in [-0.1, -0.05) is 51.3 Å². The van der Waals surface area contributed by atoms with Crippen LogP contribution in [0.1, 0.15) is 230 Å². The largest absolute Gasteiger partial charge is 0.493 e. The molecule has 3 spiro atoms. The number of carbonyl (C=O) groups is 7. The molecule has 3 amide bonds. The Labute approximate surface area is 858 Å². The number of amides is 3. The Morgan fingerprint density at radius 1 is 0.452 bits per heavy atom. The lowest BCUT2D eigenvalue weighted by atomic mass is 9.45. The van der Waals surface area contributed by atoms with Crippen molar-refractivity contribution in [1.29, 1.82) is 5.41 Å². The van der Waals surface area contributed by atoms with Crippen molar-refractivity contribution in [3.63, 3.8) is 0 Å². The topological polar surface area (TPSA) is 463 Å². The zero-order valence-electron chi connectivity index (χ0n) is 86.8. The fraction of sp³-hybridized carbons (Fsp3) is 0.607. The standard InChI is InChI=1S/C112H155N15O19/c1-107-46-43-84(96-109(107)49-58-125(5)87(107)63-69-33-40-81(136-8)93(144-96)90(69)109)141-104(132)78(118-3)26-14-20-55-120-100(128)72(23-11-17-52-113)61-74(124-77(25-13-19-54-115)102(130)122-57-21-15-27-79(119-4)105(133)142-86-45-48-112(135)89-65-71-35-42-83(138-10)95-92(71)111(112,98(86)146-95)51-60-127(89)7)62-73(24-12-18-53-114)101(129)121-56-22-16-28-80(123-66-139-75-36-31-68(32-37-75)103(131)140-76-38-29-67(30-39-76)99(116)117)106(134)143-85-44-47-108(2)88-64-70-34-41-82(137-9)94-91(70)110(108,97(85)145-94)50-59-126(88)6/h29-45,72-74,77-80,87-89,96-98,118-119,123-124,135H,11-28,46-66,113-115H2,1-10H3,(H3,116,117)(H,120,128)(H,121,129)(H,122,130)/t72-,73+,74?,77+,78+,79+,80-,87+,88+,89+,96-,97-,98-,107-,108-,109-,110-,111-,112+/m0/s1. The molecule has 34 heteroatoms. The summed E-state index contributed by atoms with van der Waals surface area (Å²) >= 11 is 0. The van der Waals surface area contributed by atoms with Crippen LogP contribution in [-0.2, 0) is 78.5 Å². The number of likely N-dealkylation sites (N-methyl/N-ethyl adjacent to an activating group) is 5. The summed E-state index contributed by atoms with van der Waals surface area (Å²) in [6.07, 6.45) is 20.0. The van der Waals surface area contributed by atoms with Crippen LogP contribution in [0.25, 0.3) is 0 Å². The van der Waals surface area contributed by atoms with Crippen molar-refractivity contribution in [3.05, 3.63) is 165 Å². The monoisotopic (exact) mass is 2010 g/mol. The van der Waals surface area contributed by atoms with Crippen molar-refractivity contribution in [3.8, 4) is 46.0 Å². The number of allylic oxidation sites excluding steroid dienone is 2. The Hall–Kier alpha value is -10.8. The molecular formula is C112H155N15O19. The Bertz CT molecular complexity index is 5500. The molecule has 6 bridgehead atoms. The SMILES string of the molecule is CN[C@H](CCCCNC(=O)[C@@H](CCCCN)CC(C[C@@H](CCCCN)C(=O)NCCCC[C@H](NCOc1ccc(C(=O)Oc2ccc(C(=N)N)cc2)cc1)C(=O)OC1=CC[C@@]2(C)[C@H]3Cc4ccc(OC)c5c4[C@@]2(CCN3C)[C@H]1O5)N[C@H](CCCCN)C(=O)NCCCC[C@@H](NC)C(=O)OC1=CC[C@@]2(O)[C@H]3Cc4ccc(OC)c5c4[C@@]2(CCN3C)[C@H]1O5)C(=O)OC1=CC[C@@]2(C)[C@H]3Cc4ccc(OC)c5c4[C@@]2(CCN3C)[C@H]1O5. The first-order chi connectivity index (χ1) is 70.5. The predicted molar refractivity (Wildman–Crippen MR) is 552 cm³/mol. The number of ether oxygens (including phenoxy) is 11. The lowest BCUT2D eigenvalue weighted by molar-refractivity contribution is -0.170. The molecule has 1 unspecified atom stereocenters. The number of piperidine rings is 3. The van der Waals surface area contributed by atoms with Crippen molar-refractivity contribution in [2.24, 2.45) is 45.6 Å². The second kappa shape index (κ2) is 45.7. The maximum absolute atomic E-state index is 15.4. The van der Waals surface area contributed by atoms with Crippen LogP contribution >= 0.6 is 0 Å². The quantitative estimate of drug-likeness (QED) is 0.00328. The number of nitrogens with two attached hydrogens (primary N) is 4. The number of unbranched alkanes of at least 4 members (excludes halogenated alkanes) is 6. The minimum Gasteiger partial charge on any atom is -0.493 e. The van der Waals surface area contributed by atoms with E-state index in [0.717, 1.165) is 74.2 Å². The van der Waals surface area contributed by atoms with Gasteiger partial charge in [0.15, 0.2) is 52.8 Å². The number of benzene rings is 5. The van der Waals surface area contributed by atoms with Crippen LogP contribution in [0.4, 0.5) is 0 Å². The molecule has 34 nitrogen and oxygen atoms in total. The Morgan fingerprint density at radius 2 is 0.829 bits per heavy atom. The zero-order chi connectivity index (χ0) is 103. The third-order valence-electron chi connectivity index (χ3n) is 35.3. The van der Waals surface area contributed by atoms with E-state index in [4.69, 9.17) is 80.4 Å². The number of methoxy groups -OCH3 is 3. The van der Waals surface area contributed by atoms with Crippen LogP contribution in [0.3, 0.4) is 0 Å². The van der Waals surface area contributed by atoms with Gasteiger partial charge in [-0.25, -0.2) is 19.2 Å². The molecule has 3 saturated heterocycles. The van der Waals surface area contributed by atoms with Gasteiger partial charge < -0.3 is 127 Å². The van der Waals surface area contributed by atoms with E-state index in [1.165, 1.54) is 16.7 Å². The van der Waals surface area contributed by atoms with Crippen LogP contribution in [0.15, 0.2) is 120 Å². The molecule has 17 N–H and O–H groups in total. The number of hydrogen-bond donors (Lipinski definition) is 13. The van der Waals surface area contributed by atoms with Crippen LogP contribution in [0.5, 0.6) is 46.0 Å². The highest BCUT2D eigenvalue weighted by atomic mass is 16.6. The smallest absolute Gasteiger partial charge is 0.343 e. The van der Waals surface area contributed by atoms with Crippen molar-refractivity contribution >= 4 is 47.4 Å². The summed E-state index contributed by atoms with van der Waals surface area (Å²) in [4.78, 5) is 110. The van der Waals surface area contributed by atoms with Gasteiger partial charge in [0.1, 0.15) is 59.5 Å². The van der Waals surface area contributed by atoms with Crippen molar-refractivity contribution in [1.82, 2.24) is 51.9 Å². The number of aliphatic hydroxyl groups is 1.